The van der Waals surface area contributed by atoms with E-state index in [4.69, 9.17) is 9.47 Å². The Morgan fingerprint density at radius 2 is 1.91 bits per heavy atom. The van der Waals surface area contributed by atoms with E-state index in [0.29, 0.717) is 0 Å². The van der Waals surface area contributed by atoms with Crippen LogP contribution in [0.15, 0.2) is 30.3 Å². The molecule has 0 saturated carbocycles. The van der Waals surface area contributed by atoms with Gasteiger partial charge in [-0.05, 0) is 5.56 Å². The van der Waals surface area contributed by atoms with Gasteiger partial charge in [0.2, 0.25) is 6.41 Å². The van der Waals surface area contributed by atoms with E-state index in [1.54, 1.807) is 0 Å². The molecule has 8 nitrogen and oxygen atoms in total. The van der Waals surface area contributed by atoms with Crippen LogP contribution in [-0.4, -0.2) is 39.2 Å². The van der Waals surface area contributed by atoms with Crippen molar-refractivity contribution in [1.82, 2.24) is 5.32 Å². The summed E-state index contributed by atoms with van der Waals surface area (Å²) in [6, 6.07) is 9.22. The van der Waals surface area contributed by atoms with Gasteiger partial charge in [-0.25, -0.2) is 4.79 Å². The van der Waals surface area contributed by atoms with Crippen LogP contribution in [0.1, 0.15) is 5.56 Å². The maximum absolute atomic E-state index is 12.1. The first kappa shape index (κ1) is 18.3. The van der Waals surface area contributed by atoms with Gasteiger partial charge in [0.05, 0.1) is 6.61 Å². The zero-order valence-corrected chi connectivity index (χ0v) is 13.2. The average molecular weight is 331 g/mol. The van der Waals surface area contributed by atoms with E-state index in [1.165, 1.54) is 0 Å². The predicted molar refractivity (Wildman–Crippen MR) is 76.8 cm³/mol. The molecule has 0 heterocycles. The second-order valence-corrected chi connectivity index (χ2v) is 6.29. The molecule has 1 aromatic carbocycles. The SMILES string of the molecule is COP(=O)(OC)C(NC=O)OC(=O)COCc1ccccc1. The highest BCUT2D eigenvalue weighted by Gasteiger charge is 2.37. The summed E-state index contributed by atoms with van der Waals surface area (Å²) in [6.07, 6.45) is 0.230. The summed E-state index contributed by atoms with van der Waals surface area (Å²) >= 11 is 0. The molecule has 22 heavy (non-hydrogen) atoms. The van der Waals surface area contributed by atoms with Crippen molar-refractivity contribution in [3.8, 4) is 0 Å². The Bertz CT molecular complexity index is 514. The third kappa shape index (κ3) is 5.57. The Morgan fingerprint density at radius 3 is 2.45 bits per heavy atom. The van der Waals surface area contributed by atoms with Crippen LogP contribution in [0, 0.1) is 0 Å². The zero-order chi connectivity index (χ0) is 16.4. The summed E-state index contributed by atoms with van der Waals surface area (Å²) < 4.78 is 31.5. The van der Waals surface area contributed by atoms with Crippen molar-refractivity contribution in [3.05, 3.63) is 35.9 Å². The third-order valence-electron chi connectivity index (χ3n) is 2.58. The van der Waals surface area contributed by atoms with E-state index in [9.17, 15) is 14.2 Å². The van der Waals surface area contributed by atoms with Crippen LogP contribution >= 0.6 is 7.60 Å². The fourth-order valence-corrected chi connectivity index (χ4v) is 2.52. The lowest BCUT2D eigenvalue weighted by Gasteiger charge is -2.23. The van der Waals surface area contributed by atoms with Crippen molar-refractivity contribution in [3.63, 3.8) is 0 Å². The number of carbonyl (C=O) groups is 2. The summed E-state index contributed by atoms with van der Waals surface area (Å²) in [7, 11) is -1.56. The van der Waals surface area contributed by atoms with Gasteiger partial charge in [-0.15, -0.1) is 0 Å². The van der Waals surface area contributed by atoms with Gasteiger partial charge in [-0.2, -0.15) is 0 Å². The molecule has 1 rings (SSSR count). The second kappa shape index (κ2) is 9.32. The molecule has 0 aliphatic heterocycles. The van der Waals surface area contributed by atoms with E-state index in [0.717, 1.165) is 19.8 Å². The molecule has 0 aliphatic rings. The monoisotopic (exact) mass is 331 g/mol. The number of carbonyl (C=O) groups excluding carboxylic acids is 2. The molecule has 0 fully saturated rings. The number of hydrogen-bond donors (Lipinski definition) is 1. The lowest BCUT2D eigenvalue weighted by Crippen LogP contribution is -2.34. The van der Waals surface area contributed by atoms with Crippen LogP contribution in [0.3, 0.4) is 0 Å². The van der Waals surface area contributed by atoms with Gasteiger partial charge in [-0.3, -0.25) is 9.36 Å². The van der Waals surface area contributed by atoms with Crippen molar-refractivity contribution in [2.24, 2.45) is 0 Å². The number of nitrogens with one attached hydrogen (secondary N) is 1. The van der Waals surface area contributed by atoms with Crippen LogP contribution in [0.25, 0.3) is 0 Å². The Balaban J connectivity index is 2.50. The van der Waals surface area contributed by atoms with Gasteiger partial charge in [0.25, 0.3) is 5.97 Å². The van der Waals surface area contributed by atoms with Crippen molar-refractivity contribution < 1.29 is 32.7 Å². The molecule has 0 bridgehead atoms. The molecular formula is C13H18NO7P. The highest BCUT2D eigenvalue weighted by molar-refractivity contribution is 7.54. The van der Waals surface area contributed by atoms with Crippen molar-refractivity contribution in [2.45, 2.75) is 12.6 Å². The number of hydrogen-bond acceptors (Lipinski definition) is 7. The number of ether oxygens (including phenoxy) is 2. The molecule has 0 saturated heterocycles. The van der Waals surface area contributed by atoms with Crippen LogP contribution in [0.4, 0.5) is 0 Å². The Morgan fingerprint density at radius 1 is 1.27 bits per heavy atom. The average Bonchev–Trinajstić information content (AvgIpc) is 2.54. The highest BCUT2D eigenvalue weighted by atomic mass is 31.2. The fraction of sp³-hybridized carbons (Fsp3) is 0.385. The first-order valence-electron chi connectivity index (χ1n) is 6.27. The van der Waals surface area contributed by atoms with E-state index < -0.39 is 19.5 Å². The summed E-state index contributed by atoms with van der Waals surface area (Å²) in [5, 5.41) is 2.07. The lowest BCUT2D eigenvalue weighted by atomic mass is 10.2. The Hall–Kier alpha value is -1.73. The Kier molecular flexibility index (Phi) is 7.76. The molecule has 1 atom stereocenters. The molecule has 9 heteroatoms. The van der Waals surface area contributed by atoms with Crippen LogP contribution in [0.2, 0.25) is 0 Å². The van der Waals surface area contributed by atoms with Crippen molar-refractivity contribution >= 4 is 20.0 Å². The van der Waals surface area contributed by atoms with E-state index >= 15 is 0 Å². The molecule has 0 spiro atoms. The van der Waals surface area contributed by atoms with Crippen molar-refractivity contribution in [2.75, 3.05) is 20.8 Å². The second-order valence-electron chi connectivity index (χ2n) is 4.01. The van der Waals surface area contributed by atoms with Crippen LogP contribution < -0.4 is 5.32 Å². The maximum atomic E-state index is 12.1. The minimum Gasteiger partial charge on any atom is -0.427 e. The summed E-state index contributed by atoms with van der Waals surface area (Å²) in [5.74, 6) is -2.35. The fourth-order valence-electron chi connectivity index (χ4n) is 1.50. The minimum atomic E-state index is -3.79. The molecular weight excluding hydrogens is 313 g/mol. The van der Waals surface area contributed by atoms with Gasteiger partial charge in [0.15, 0.2) is 0 Å². The summed E-state index contributed by atoms with van der Waals surface area (Å²) in [5.41, 5.74) is 0.886. The first-order chi connectivity index (χ1) is 10.6. The predicted octanol–water partition coefficient (Wildman–Crippen LogP) is 1.26. The van der Waals surface area contributed by atoms with Crippen molar-refractivity contribution in [1.29, 1.82) is 0 Å². The summed E-state index contributed by atoms with van der Waals surface area (Å²) in [4.78, 5) is 22.2. The topological polar surface area (TPSA) is 100 Å². The van der Waals surface area contributed by atoms with E-state index in [1.807, 2.05) is 30.3 Å². The smallest absolute Gasteiger partial charge is 0.391 e. The van der Waals surface area contributed by atoms with Gasteiger partial charge >= 0.3 is 13.6 Å². The number of benzene rings is 1. The number of rotatable bonds is 10. The Labute approximate surface area is 128 Å². The molecule has 1 amide bonds. The standard InChI is InChI=1S/C13H18NO7P/c1-18-22(17,19-2)13(14-10-15)21-12(16)9-20-8-11-6-4-3-5-7-11/h3-7,10,13H,8-9H2,1-2H3,(H,14,15). The zero-order valence-electron chi connectivity index (χ0n) is 12.3. The molecule has 122 valence electrons. The van der Waals surface area contributed by atoms with E-state index in [2.05, 4.69) is 14.4 Å². The van der Waals surface area contributed by atoms with Gasteiger partial charge in [-0.1, -0.05) is 30.3 Å². The molecule has 0 radical (unpaired) electrons. The van der Waals surface area contributed by atoms with E-state index in [-0.39, 0.29) is 19.6 Å². The highest BCUT2D eigenvalue weighted by Crippen LogP contribution is 2.50. The third-order valence-corrected chi connectivity index (χ3v) is 4.43. The van der Waals surface area contributed by atoms with Crippen LogP contribution in [-0.2, 0) is 39.3 Å². The number of amides is 1. The molecule has 1 aromatic rings. The van der Waals surface area contributed by atoms with Gasteiger partial charge in [0, 0.05) is 14.2 Å². The number of esters is 1. The normalized spacial score (nSPS) is 12.5. The van der Waals surface area contributed by atoms with Gasteiger partial charge in [0.1, 0.15) is 6.61 Å². The molecule has 1 N–H and O–H groups in total. The van der Waals surface area contributed by atoms with Gasteiger partial charge < -0.3 is 23.8 Å². The largest absolute Gasteiger partial charge is 0.427 e. The van der Waals surface area contributed by atoms with Crippen LogP contribution in [0.5, 0.6) is 0 Å². The minimum absolute atomic E-state index is 0.216. The molecule has 0 aromatic heterocycles. The molecule has 1 unspecified atom stereocenters. The quantitative estimate of drug-likeness (QED) is 0.298. The first-order valence-corrected chi connectivity index (χ1v) is 7.89. The lowest BCUT2D eigenvalue weighted by molar-refractivity contribution is -0.153. The summed E-state index contributed by atoms with van der Waals surface area (Å²) in [6.45, 7) is -0.159. The molecule has 0 aliphatic carbocycles. The maximum Gasteiger partial charge on any atom is 0.391 e.